The van der Waals surface area contributed by atoms with Crippen LogP contribution in [-0.2, 0) is 44.8 Å². The van der Waals surface area contributed by atoms with E-state index >= 15 is 0 Å². The summed E-state index contributed by atoms with van der Waals surface area (Å²) in [6, 6.07) is 17.6. The number of allylic oxidation sites excluding steroid dienone is 2. The second-order valence-corrected chi connectivity index (χ2v) is 20.9. The van der Waals surface area contributed by atoms with Gasteiger partial charge >= 0.3 is 181 Å². The van der Waals surface area contributed by atoms with E-state index in [4.69, 9.17) is 0 Å². The molecule has 0 nitrogen and oxygen atoms in total. The monoisotopic (exact) mass is 744 g/mol. The van der Waals surface area contributed by atoms with Crippen LogP contribution in [0, 0.1) is 0 Å². The summed E-state index contributed by atoms with van der Waals surface area (Å²) in [6.07, 6.45) is 9.38. The van der Waals surface area contributed by atoms with Crippen LogP contribution in [0.5, 0.6) is 0 Å². The van der Waals surface area contributed by atoms with Crippen LogP contribution >= 0.6 is 0 Å². The van der Waals surface area contributed by atoms with Gasteiger partial charge in [-0.3, -0.25) is 0 Å². The van der Waals surface area contributed by atoms with Crippen LogP contribution in [0.2, 0.25) is 0 Å². The van der Waals surface area contributed by atoms with Gasteiger partial charge in [-0.25, -0.2) is 0 Å². The van der Waals surface area contributed by atoms with E-state index in [1.807, 2.05) is 0 Å². The number of rotatable bonds is 2. The molecule has 0 amide bonds. The summed E-state index contributed by atoms with van der Waals surface area (Å²) in [5.74, 6) is 0. The Morgan fingerprint density at radius 2 is 0.964 bits per heavy atom. The minimum absolute atomic E-state index is 0. The Labute approximate surface area is 204 Å². The number of fused-ring (bicyclic) bond motifs is 2. The zero-order valence-corrected chi connectivity index (χ0v) is 25.5. The van der Waals surface area contributed by atoms with Crippen molar-refractivity contribution in [1.29, 1.82) is 0 Å². The maximum atomic E-state index is 2.40. The Kier molecular flexibility index (Phi) is 11.7. The second-order valence-electron chi connectivity index (χ2n) is 7.22. The van der Waals surface area contributed by atoms with Crippen molar-refractivity contribution in [3.05, 3.63) is 82.9 Å². The van der Waals surface area contributed by atoms with E-state index in [9.17, 15) is 0 Å². The van der Waals surface area contributed by atoms with Gasteiger partial charge in [-0.1, -0.05) is 0 Å². The largest absolute Gasteiger partial charge is 1.00 e. The molecule has 0 fully saturated rings. The number of benzene rings is 2. The van der Waals surface area contributed by atoms with Gasteiger partial charge in [-0.05, 0) is 0 Å². The first-order chi connectivity index (χ1) is 12.5. The molecular weight excluding hydrogens is 716 g/mol. The van der Waals surface area contributed by atoms with Crippen molar-refractivity contribution in [3.63, 3.8) is 0 Å². The van der Waals surface area contributed by atoms with Gasteiger partial charge in [0.25, 0.3) is 0 Å². The number of hydrogen-bond acceptors (Lipinski definition) is 0. The molecule has 0 spiro atoms. The molecular formula is C24H26Cl2Hf2. The summed E-state index contributed by atoms with van der Waals surface area (Å²) in [6.45, 7) is 9.16. The third kappa shape index (κ3) is 7.04. The third-order valence-corrected chi connectivity index (χ3v) is 14.5. The van der Waals surface area contributed by atoms with Gasteiger partial charge in [0.1, 0.15) is 0 Å². The molecule has 0 radical (unpaired) electrons. The molecule has 0 aliphatic heterocycles. The van der Waals surface area contributed by atoms with E-state index in [2.05, 4.69) is 101 Å². The maximum absolute atomic E-state index is 2.40. The first-order valence-electron chi connectivity index (χ1n) is 9.22. The summed E-state index contributed by atoms with van der Waals surface area (Å²) in [5, 5.41) is 0. The fraction of sp³-hybridized carbons (Fsp3) is 0.250. The van der Waals surface area contributed by atoms with Gasteiger partial charge in [0.2, 0.25) is 0 Å². The topological polar surface area (TPSA) is 0 Å². The van der Waals surface area contributed by atoms with Gasteiger partial charge < -0.3 is 24.8 Å². The Morgan fingerprint density at radius 1 is 0.607 bits per heavy atom. The van der Waals surface area contributed by atoms with Gasteiger partial charge in [0.05, 0.1) is 0 Å². The van der Waals surface area contributed by atoms with Crippen LogP contribution < -0.4 is 24.8 Å². The molecule has 0 saturated carbocycles. The van der Waals surface area contributed by atoms with E-state index < -0.39 is 44.8 Å². The van der Waals surface area contributed by atoms with E-state index in [-0.39, 0.29) is 24.8 Å². The quantitative estimate of drug-likeness (QED) is 0.384. The first-order valence-corrected chi connectivity index (χ1v) is 17.0. The van der Waals surface area contributed by atoms with Crippen molar-refractivity contribution >= 4 is 18.7 Å². The van der Waals surface area contributed by atoms with E-state index in [0.29, 0.717) is 0 Å². The van der Waals surface area contributed by atoms with Crippen molar-refractivity contribution in [3.8, 4) is 0 Å². The fourth-order valence-corrected chi connectivity index (χ4v) is 12.2. The van der Waals surface area contributed by atoms with Crippen molar-refractivity contribution < 1.29 is 69.7 Å². The van der Waals surface area contributed by atoms with Crippen molar-refractivity contribution in [2.24, 2.45) is 0 Å². The molecule has 2 aromatic carbocycles. The van der Waals surface area contributed by atoms with Crippen LogP contribution in [0.25, 0.3) is 12.2 Å². The van der Waals surface area contributed by atoms with Crippen LogP contribution in [0.3, 0.4) is 0 Å². The molecule has 0 aromatic heterocycles. The summed E-state index contributed by atoms with van der Waals surface area (Å²) < 4.78 is 5.04. The average Bonchev–Trinajstić information content (AvgIpc) is 3.20. The molecule has 4 heteroatoms. The Morgan fingerprint density at radius 3 is 1.32 bits per heavy atom. The van der Waals surface area contributed by atoms with Crippen LogP contribution in [0.1, 0.15) is 57.3 Å². The van der Waals surface area contributed by atoms with Crippen molar-refractivity contribution in [2.45, 2.75) is 35.0 Å². The fourth-order valence-electron chi connectivity index (χ4n) is 3.37. The number of halogens is 2. The third-order valence-electron chi connectivity index (χ3n) is 4.49. The summed E-state index contributed by atoms with van der Waals surface area (Å²) in [4.78, 5) is 0. The van der Waals surface area contributed by atoms with Gasteiger partial charge in [0.15, 0.2) is 0 Å². The standard InChI is InChI=1S/2C9H7.2C3H6.2ClH.2Hf/c2*1-2-5-9-7-3-6-8(9)4-1;2*1-3-2;;;;/h2*1-7H;2*1-2H3;2*1H;;/q;;;;;;2*+1/p-2. The summed E-state index contributed by atoms with van der Waals surface area (Å²) in [5.41, 5.74) is 6.04. The normalized spacial score (nSPS) is 16.9. The summed E-state index contributed by atoms with van der Waals surface area (Å²) in [7, 11) is 0. The minimum atomic E-state index is -0.554. The predicted molar refractivity (Wildman–Crippen MR) is 109 cm³/mol. The average molecular weight is 742 g/mol. The number of hydrogen-bond donors (Lipinski definition) is 0. The molecule has 2 aliphatic carbocycles. The molecule has 0 saturated heterocycles. The van der Waals surface area contributed by atoms with Gasteiger partial charge in [-0.2, -0.15) is 0 Å². The second kappa shape index (κ2) is 12.6. The van der Waals surface area contributed by atoms with E-state index in [0.717, 1.165) is 7.35 Å². The molecule has 2 aromatic rings. The van der Waals surface area contributed by atoms with E-state index in [1.54, 1.807) is 17.6 Å². The van der Waals surface area contributed by atoms with Crippen LogP contribution in [0.15, 0.2) is 60.7 Å². The van der Waals surface area contributed by atoms with Crippen molar-refractivity contribution in [2.75, 3.05) is 0 Å². The minimum Gasteiger partial charge on any atom is -1.00 e. The Hall–Kier alpha value is -0.0197. The molecule has 0 bridgehead atoms. The molecule has 0 heterocycles. The van der Waals surface area contributed by atoms with Crippen molar-refractivity contribution in [1.82, 2.24) is 0 Å². The zero-order valence-electron chi connectivity index (χ0n) is 16.8. The SMILES string of the molecule is C[C](C)=[Hf+][CH]1C=Cc2ccccc21.C[C](C)=[Hf+][CH]1C=Cc2ccccc21.[Cl-].[Cl-]. The molecule has 2 atom stereocenters. The molecule has 144 valence electrons. The summed E-state index contributed by atoms with van der Waals surface area (Å²) >= 11 is -1.11. The van der Waals surface area contributed by atoms with Crippen LogP contribution in [0.4, 0.5) is 0 Å². The Bertz CT molecular complexity index is 827. The van der Waals surface area contributed by atoms with Gasteiger partial charge in [0, 0.05) is 0 Å². The smallest absolute Gasteiger partial charge is 1.00 e. The molecule has 4 rings (SSSR count). The predicted octanol–water partition coefficient (Wildman–Crippen LogP) is 0.106. The van der Waals surface area contributed by atoms with E-state index in [1.165, 1.54) is 11.1 Å². The molecule has 0 N–H and O–H groups in total. The Balaban J connectivity index is 0.000000261. The molecule has 28 heavy (non-hydrogen) atoms. The zero-order chi connectivity index (χ0) is 18.5. The molecule has 2 aliphatic rings. The molecule has 2 unspecified atom stereocenters. The first kappa shape index (κ1) is 26.0. The maximum Gasteiger partial charge on any atom is -1.00 e. The van der Waals surface area contributed by atoms with Crippen LogP contribution in [-0.4, -0.2) is 6.51 Å². The van der Waals surface area contributed by atoms with Gasteiger partial charge in [-0.15, -0.1) is 0 Å².